The van der Waals surface area contributed by atoms with Crippen LogP contribution in [0.1, 0.15) is 15.4 Å². The third-order valence-electron chi connectivity index (χ3n) is 2.78. The Kier molecular flexibility index (Phi) is 5.97. The molecule has 0 saturated heterocycles. The van der Waals surface area contributed by atoms with Gasteiger partial charge in [-0.15, -0.1) is 23.1 Å². The lowest BCUT2D eigenvalue weighted by Crippen LogP contribution is -2.25. The van der Waals surface area contributed by atoms with Crippen molar-refractivity contribution in [3.8, 4) is 10.6 Å². The number of aromatic nitrogens is 1. The van der Waals surface area contributed by atoms with Gasteiger partial charge in [0.25, 0.3) is 5.91 Å². The molecular weight excluding hydrogens is 320 g/mol. The highest BCUT2D eigenvalue weighted by Crippen LogP contribution is 2.27. The zero-order chi connectivity index (χ0) is 15.9. The summed E-state index contributed by atoms with van der Waals surface area (Å²) in [5.41, 5.74) is 1.70. The Hall–Kier alpha value is -1.86. The minimum atomic E-state index is -0.845. The van der Waals surface area contributed by atoms with Crippen molar-refractivity contribution in [1.82, 2.24) is 10.3 Å². The Morgan fingerprint density at radius 1 is 1.32 bits per heavy atom. The van der Waals surface area contributed by atoms with Crippen LogP contribution >= 0.6 is 23.1 Å². The largest absolute Gasteiger partial charge is 0.481 e. The molecular formula is C15H16N2O3S2. The highest BCUT2D eigenvalue weighted by molar-refractivity contribution is 7.99. The average molecular weight is 336 g/mol. The van der Waals surface area contributed by atoms with E-state index in [1.807, 2.05) is 37.3 Å². The lowest BCUT2D eigenvalue weighted by molar-refractivity contribution is -0.133. The standard InChI is InChI=1S/C15H16N2O3S2/c1-10-13(14(20)16-7-8-21-9-12(18)19)22-15(17-10)11-5-3-2-4-6-11/h2-6H,7-9H2,1H3,(H,16,20)(H,18,19). The van der Waals surface area contributed by atoms with E-state index in [1.54, 1.807) is 0 Å². The van der Waals surface area contributed by atoms with E-state index >= 15 is 0 Å². The van der Waals surface area contributed by atoms with Crippen LogP contribution in [0.25, 0.3) is 10.6 Å². The number of amides is 1. The zero-order valence-corrected chi connectivity index (χ0v) is 13.7. The van der Waals surface area contributed by atoms with Crippen molar-refractivity contribution in [2.45, 2.75) is 6.92 Å². The first-order valence-corrected chi connectivity index (χ1v) is 8.65. The fourth-order valence-electron chi connectivity index (χ4n) is 1.79. The second-order valence-corrected chi connectivity index (χ2v) is 6.61. The molecule has 0 bridgehead atoms. The lowest BCUT2D eigenvalue weighted by Gasteiger charge is -2.02. The molecule has 0 atom stereocenters. The van der Waals surface area contributed by atoms with E-state index in [0.717, 1.165) is 10.6 Å². The molecule has 0 fully saturated rings. The number of aliphatic carboxylic acids is 1. The lowest BCUT2D eigenvalue weighted by atomic mass is 10.2. The molecule has 22 heavy (non-hydrogen) atoms. The second kappa shape index (κ2) is 7.95. The van der Waals surface area contributed by atoms with Gasteiger partial charge in [0.1, 0.15) is 9.88 Å². The number of hydrogen-bond acceptors (Lipinski definition) is 5. The summed E-state index contributed by atoms with van der Waals surface area (Å²) in [6.45, 7) is 2.26. The molecule has 5 nitrogen and oxygen atoms in total. The maximum atomic E-state index is 12.1. The average Bonchev–Trinajstić information content (AvgIpc) is 2.89. The maximum absolute atomic E-state index is 12.1. The Morgan fingerprint density at radius 2 is 2.05 bits per heavy atom. The number of rotatable bonds is 7. The first kappa shape index (κ1) is 16.5. The Morgan fingerprint density at radius 3 is 2.73 bits per heavy atom. The van der Waals surface area contributed by atoms with E-state index in [9.17, 15) is 9.59 Å². The molecule has 0 saturated carbocycles. The Labute approximate surface area is 136 Å². The first-order chi connectivity index (χ1) is 10.6. The number of carbonyl (C=O) groups excluding carboxylic acids is 1. The number of hydrogen-bond donors (Lipinski definition) is 2. The summed E-state index contributed by atoms with van der Waals surface area (Å²) < 4.78 is 0. The van der Waals surface area contributed by atoms with Gasteiger partial charge in [-0.1, -0.05) is 30.3 Å². The quantitative estimate of drug-likeness (QED) is 0.760. The van der Waals surface area contributed by atoms with Gasteiger partial charge in [-0.05, 0) is 6.92 Å². The Balaban J connectivity index is 1.93. The smallest absolute Gasteiger partial charge is 0.313 e. The number of benzene rings is 1. The van der Waals surface area contributed by atoms with Crippen LogP contribution in [0.4, 0.5) is 0 Å². The van der Waals surface area contributed by atoms with Crippen LogP contribution in [0.2, 0.25) is 0 Å². The van der Waals surface area contributed by atoms with E-state index in [1.165, 1.54) is 23.1 Å². The molecule has 0 aliphatic rings. The molecule has 0 unspecified atom stereocenters. The Bertz CT molecular complexity index is 656. The third kappa shape index (κ3) is 4.57. The summed E-state index contributed by atoms with van der Waals surface area (Å²) >= 11 is 2.64. The fourth-order valence-corrected chi connectivity index (χ4v) is 3.34. The minimum Gasteiger partial charge on any atom is -0.481 e. The number of thiazole rings is 1. The number of aryl methyl sites for hydroxylation is 1. The van der Waals surface area contributed by atoms with Crippen molar-refractivity contribution < 1.29 is 14.7 Å². The molecule has 0 aliphatic carbocycles. The highest BCUT2D eigenvalue weighted by Gasteiger charge is 2.15. The molecule has 0 spiro atoms. The molecule has 116 valence electrons. The molecule has 1 heterocycles. The first-order valence-electron chi connectivity index (χ1n) is 6.68. The van der Waals surface area contributed by atoms with Crippen LogP contribution in [-0.4, -0.2) is 40.0 Å². The minimum absolute atomic E-state index is 0.0492. The summed E-state index contributed by atoms with van der Waals surface area (Å²) in [5, 5.41) is 12.2. The number of thioether (sulfide) groups is 1. The molecule has 2 N–H and O–H groups in total. The predicted octanol–water partition coefficient (Wildman–Crippen LogP) is 2.67. The normalized spacial score (nSPS) is 10.4. The monoisotopic (exact) mass is 336 g/mol. The van der Waals surface area contributed by atoms with Gasteiger partial charge in [0.05, 0.1) is 11.4 Å². The second-order valence-electron chi connectivity index (χ2n) is 4.50. The van der Waals surface area contributed by atoms with Gasteiger partial charge in [0, 0.05) is 17.9 Å². The van der Waals surface area contributed by atoms with Crippen molar-refractivity contribution in [1.29, 1.82) is 0 Å². The molecule has 2 aromatic rings. The van der Waals surface area contributed by atoms with Crippen LogP contribution < -0.4 is 5.32 Å². The fraction of sp³-hybridized carbons (Fsp3) is 0.267. The van der Waals surface area contributed by atoms with Crippen molar-refractivity contribution >= 4 is 35.0 Å². The van der Waals surface area contributed by atoms with Gasteiger partial charge in [-0.3, -0.25) is 9.59 Å². The van der Waals surface area contributed by atoms with E-state index < -0.39 is 5.97 Å². The predicted molar refractivity (Wildman–Crippen MR) is 89.6 cm³/mol. The molecule has 1 aromatic heterocycles. The molecule has 0 aliphatic heterocycles. The maximum Gasteiger partial charge on any atom is 0.313 e. The van der Waals surface area contributed by atoms with E-state index in [0.29, 0.717) is 22.9 Å². The van der Waals surface area contributed by atoms with Crippen LogP contribution in [0.15, 0.2) is 30.3 Å². The van der Waals surface area contributed by atoms with Crippen LogP contribution in [0.3, 0.4) is 0 Å². The highest BCUT2D eigenvalue weighted by atomic mass is 32.2. The van der Waals surface area contributed by atoms with Crippen molar-refractivity contribution in [2.24, 2.45) is 0 Å². The summed E-state index contributed by atoms with van der Waals surface area (Å²) in [4.78, 5) is 27.6. The van der Waals surface area contributed by atoms with Gasteiger partial charge in [-0.2, -0.15) is 0 Å². The number of carbonyl (C=O) groups is 2. The van der Waals surface area contributed by atoms with Gasteiger partial charge < -0.3 is 10.4 Å². The van der Waals surface area contributed by atoms with E-state index in [2.05, 4.69) is 10.3 Å². The van der Waals surface area contributed by atoms with Crippen LogP contribution in [0.5, 0.6) is 0 Å². The topological polar surface area (TPSA) is 79.3 Å². The molecule has 7 heteroatoms. The number of nitrogens with zero attached hydrogens (tertiary/aromatic N) is 1. The van der Waals surface area contributed by atoms with Gasteiger partial charge >= 0.3 is 5.97 Å². The number of nitrogens with one attached hydrogen (secondary N) is 1. The molecule has 2 rings (SSSR count). The SMILES string of the molecule is Cc1nc(-c2ccccc2)sc1C(=O)NCCSCC(=O)O. The van der Waals surface area contributed by atoms with Gasteiger partial charge in [-0.25, -0.2) is 4.98 Å². The van der Waals surface area contributed by atoms with E-state index in [-0.39, 0.29) is 11.7 Å². The molecule has 1 amide bonds. The zero-order valence-electron chi connectivity index (χ0n) is 12.0. The summed E-state index contributed by atoms with van der Waals surface area (Å²) in [6, 6.07) is 9.73. The number of carboxylic acid groups (broad SMARTS) is 1. The third-order valence-corrected chi connectivity index (χ3v) is 4.93. The number of carboxylic acids is 1. The van der Waals surface area contributed by atoms with Crippen LogP contribution in [0, 0.1) is 6.92 Å². The summed E-state index contributed by atoms with van der Waals surface area (Å²) in [7, 11) is 0. The van der Waals surface area contributed by atoms with Crippen molar-refractivity contribution in [3.05, 3.63) is 40.9 Å². The van der Waals surface area contributed by atoms with Crippen molar-refractivity contribution in [2.75, 3.05) is 18.1 Å². The molecule has 0 radical (unpaired) electrons. The van der Waals surface area contributed by atoms with Crippen molar-refractivity contribution in [3.63, 3.8) is 0 Å². The molecule has 1 aromatic carbocycles. The summed E-state index contributed by atoms with van der Waals surface area (Å²) in [6.07, 6.45) is 0. The summed E-state index contributed by atoms with van der Waals surface area (Å²) in [5.74, 6) is -0.384. The van der Waals surface area contributed by atoms with E-state index in [4.69, 9.17) is 5.11 Å². The van der Waals surface area contributed by atoms with Gasteiger partial charge in [0.15, 0.2) is 0 Å². The van der Waals surface area contributed by atoms with Gasteiger partial charge in [0.2, 0.25) is 0 Å². The van der Waals surface area contributed by atoms with Crippen LogP contribution in [-0.2, 0) is 4.79 Å².